The number of nitrogens with two attached hydrogens (primary N) is 1. The number of likely N-dealkylation sites (tertiary alicyclic amines) is 1. The van der Waals surface area contributed by atoms with Gasteiger partial charge in [0.2, 0.25) is 0 Å². The van der Waals surface area contributed by atoms with E-state index in [0.717, 1.165) is 12.1 Å². The zero-order chi connectivity index (χ0) is 14.4. The third-order valence-electron chi connectivity index (χ3n) is 4.07. The Morgan fingerprint density at radius 1 is 1.50 bits per heavy atom. The molecular weight excluding hydrogens is 252 g/mol. The topological polar surface area (TPSA) is 73.9 Å². The Labute approximate surface area is 120 Å². The number of oxime groups is 1. The Hall–Kier alpha value is -1.59. The van der Waals surface area contributed by atoms with Crippen molar-refractivity contribution in [2.45, 2.75) is 24.8 Å². The molecule has 110 valence electrons. The van der Waals surface area contributed by atoms with Crippen LogP contribution in [0.15, 0.2) is 35.5 Å². The van der Waals surface area contributed by atoms with Gasteiger partial charge in [-0.25, -0.2) is 0 Å². The molecule has 0 aliphatic carbocycles. The van der Waals surface area contributed by atoms with Crippen molar-refractivity contribution in [3.8, 4) is 0 Å². The zero-order valence-corrected chi connectivity index (χ0v) is 12.0. The summed E-state index contributed by atoms with van der Waals surface area (Å²) < 4.78 is 0. The summed E-state index contributed by atoms with van der Waals surface area (Å²) in [4.78, 5) is 2.38. The Morgan fingerprint density at radius 2 is 2.25 bits per heavy atom. The zero-order valence-electron chi connectivity index (χ0n) is 12.0. The van der Waals surface area contributed by atoms with Crippen molar-refractivity contribution in [3.63, 3.8) is 0 Å². The molecule has 20 heavy (non-hydrogen) atoms. The van der Waals surface area contributed by atoms with E-state index >= 15 is 0 Å². The van der Waals surface area contributed by atoms with Gasteiger partial charge < -0.3 is 21.2 Å². The number of amidine groups is 1. The van der Waals surface area contributed by atoms with Crippen LogP contribution in [0.2, 0.25) is 0 Å². The number of benzene rings is 1. The molecule has 0 radical (unpaired) electrons. The quantitative estimate of drug-likeness (QED) is 0.316. The third-order valence-corrected chi connectivity index (χ3v) is 4.07. The Morgan fingerprint density at radius 3 is 2.85 bits per heavy atom. The van der Waals surface area contributed by atoms with E-state index in [4.69, 9.17) is 10.9 Å². The van der Waals surface area contributed by atoms with Gasteiger partial charge in [-0.1, -0.05) is 35.5 Å². The van der Waals surface area contributed by atoms with Crippen molar-refractivity contribution >= 4 is 5.84 Å². The highest BCUT2D eigenvalue weighted by atomic mass is 16.4. The van der Waals surface area contributed by atoms with E-state index in [9.17, 15) is 0 Å². The minimum absolute atomic E-state index is 0.0899. The van der Waals surface area contributed by atoms with Crippen molar-refractivity contribution in [2.75, 3.05) is 26.7 Å². The van der Waals surface area contributed by atoms with Crippen LogP contribution in [0.25, 0.3) is 0 Å². The molecule has 1 heterocycles. The highest BCUT2D eigenvalue weighted by molar-refractivity contribution is 5.87. The molecule has 5 heteroatoms. The van der Waals surface area contributed by atoms with E-state index in [1.165, 1.54) is 19.4 Å². The average Bonchev–Trinajstić information content (AvgIpc) is 2.89. The van der Waals surface area contributed by atoms with Crippen molar-refractivity contribution < 1.29 is 5.21 Å². The molecule has 2 atom stereocenters. The summed E-state index contributed by atoms with van der Waals surface area (Å²) in [7, 11) is 2.16. The maximum Gasteiger partial charge on any atom is 0.147 e. The second kappa shape index (κ2) is 7.26. The summed E-state index contributed by atoms with van der Waals surface area (Å²) in [6, 6.07) is 10.5. The highest BCUT2D eigenvalue weighted by Gasteiger charge is 2.21. The fourth-order valence-corrected chi connectivity index (χ4v) is 2.78. The van der Waals surface area contributed by atoms with Gasteiger partial charge in [-0.15, -0.1) is 0 Å². The van der Waals surface area contributed by atoms with E-state index in [1.54, 1.807) is 0 Å². The second-order valence-electron chi connectivity index (χ2n) is 5.42. The molecule has 2 rings (SSSR count). The Bertz CT molecular complexity index is 435. The average molecular weight is 276 g/mol. The van der Waals surface area contributed by atoms with E-state index in [1.807, 2.05) is 30.3 Å². The summed E-state index contributed by atoms with van der Waals surface area (Å²) in [5.74, 6) is 0.163. The van der Waals surface area contributed by atoms with Crippen LogP contribution in [-0.2, 0) is 0 Å². The molecule has 1 aliphatic heterocycles. The van der Waals surface area contributed by atoms with Crippen LogP contribution in [0.1, 0.15) is 24.3 Å². The van der Waals surface area contributed by atoms with Gasteiger partial charge in [-0.2, -0.15) is 0 Å². The minimum Gasteiger partial charge on any atom is -0.409 e. The number of nitrogens with zero attached hydrogens (tertiary/aromatic N) is 2. The standard InChI is InChI=1S/C15H24N4O/c1-19-9-5-8-13(19)10-17-11-14(15(16)18-20)12-6-3-2-4-7-12/h2-4,6-7,13-14,17,20H,5,8-11H2,1H3,(H2,16,18). The van der Waals surface area contributed by atoms with Crippen LogP contribution in [0.4, 0.5) is 0 Å². The largest absolute Gasteiger partial charge is 0.409 e. The summed E-state index contributed by atoms with van der Waals surface area (Å²) in [6.45, 7) is 2.80. The van der Waals surface area contributed by atoms with Gasteiger partial charge in [0.05, 0.1) is 5.92 Å². The first-order chi connectivity index (χ1) is 9.72. The molecule has 0 spiro atoms. The molecule has 1 aliphatic rings. The first-order valence-electron chi connectivity index (χ1n) is 7.15. The fraction of sp³-hybridized carbons (Fsp3) is 0.533. The minimum atomic E-state index is -0.0899. The number of hydrogen-bond acceptors (Lipinski definition) is 4. The fourth-order valence-electron chi connectivity index (χ4n) is 2.78. The number of likely N-dealkylation sites (N-methyl/N-ethyl adjacent to an activating group) is 1. The molecule has 1 aromatic rings. The van der Waals surface area contributed by atoms with Crippen LogP contribution >= 0.6 is 0 Å². The number of rotatable bonds is 6. The van der Waals surface area contributed by atoms with E-state index in [-0.39, 0.29) is 11.8 Å². The molecule has 0 saturated carbocycles. The van der Waals surface area contributed by atoms with Crippen molar-refractivity contribution in [2.24, 2.45) is 10.9 Å². The molecule has 4 N–H and O–H groups in total. The predicted molar refractivity (Wildman–Crippen MR) is 81.1 cm³/mol. The normalized spacial score (nSPS) is 22.1. The van der Waals surface area contributed by atoms with Crippen LogP contribution in [0, 0.1) is 0 Å². The molecular formula is C15H24N4O. The molecule has 0 amide bonds. The number of nitrogens with one attached hydrogen (secondary N) is 1. The van der Waals surface area contributed by atoms with Crippen molar-refractivity contribution in [3.05, 3.63) is 35.9 Å². The van der Waals surface area contributed by atoms with Gasteiger partial charge in [0.15, 0.2) is 0 Å². The van der Waals surface area contributed by atoms with Gasteiger partial charge >= 0.3 is 0 Å². The first-order valence-corrected chi connectivity index (χ1v) is 7.15. The molecule has 1 aromatic carbocycles. The van der Waals surface area contributed by atoms with Gasteiger partial charge in [0, 0.05) is 19.1 Å². The maximum absolute atomic E-state index is 8.95. The summed E-state index contributed by atoms with van der Waals surface area (Å²) in [5, 5.41) is 15.6. The molecule has 2 unspecified atom stereocenters. The monoisotopic (exact) mass is 276 g/mol. The summed E-state index contributed by atoms with van der Waals surface area (Å²) in [6.07, 6.45) is 2.51. The maximum atomic E-state index is 8.95. The van der Waals surface area contributed by atoms with Gasteiger partial charge in [-0.3, -0.25) is 0 Å². The lowest BCUT2D eigenvalue weighted by atomic mass is 9.98. The number of hydrogen-bond donors (Lipinski definition) is 3. The van der Waals surface area contributed by atoms with Crippen LogP contribution in [-0.4, -0.2) is 48.7 Å². The van der Waals surface area contributed by atoms with Gasteiger partial charge in [0.25, 0.3) is 0 Å². The smallest absolute Gasteiger partial charge is 0.147 e. The first kappa shape index (κ1) is 14.8. The van der Waals surface area contributed by atoms with Gasteiger partial charge in [0.1, 0.15) is 5.84 Å². The van der Waals surface area contributed by atoms with Crippen LogP contribution in [0.5, 0.6) is 0 Å². The van der Waals surface area contributed by atoms with E-state index < -0.39 is 0 Å². The lowest BCUT2D eigenvalue weighted by Gasteiger charge is -2.22. The molecule has 1 saturated heterocycles. The molecule has 1 fully saturated rings. The third kappa shape index (κ3) is 3.71. The molecule has 0 bridgehead atoms. The predicted octanol–water partition coefficient (Wildman–Crippen LogP) is 1.20. The molecule has 5 nitrogen and oxygen atoms in total. The highest BCUT2D eigenvalue weighted by Crippen LogP contribution is 2.16. The Kier molecular flexibility index (Phi) is 5.38. The summed E-state index contributed by atoms with van der Waals surface area (Å²) >= 11 is 0. The lowest BCUT2D eigenvalue weighted by Crippen LogP contribution is -2.39. The van der Waals surface area contributed by atoms with E-state index in [0.29, 0.717) is 12.6 Å². The summed E-state index contributed by atoms with van der Waals surface area (Å²) in [5.41, 5.74) is 6.89. The van der Waals surface area contributed by atoms with Crippen LogP contribution < -0.4 is 11.1 Å². The second-order valence-corrected chi connectivity index (χ2v) is 5.42. The van der Waals surface area contributed by atoms with Crippen molar-refractivity contribution in [1.82, 2.24) is 10.2 Å². The van der Waals surface area contributed by atoms with Crippen molar-refractivity contribution in [1.29, 1.82) is 0 Å². The molecule has 0 aromatic heterocycles. The lowest BCUT2D eigenvalue weighted by molar-refractivity contribution is 0.299. The van der Waals surface area contributed by atoms with E-state index in [2.05, 4.69) is 22.4 Å². The Balaban J connectivity index is 1.92. The van der Waals surface area contributed by atoms with Crippen LogP contribution in [0.3, 0.4) is 0 Å². The SMILES string of the molecule is CN1CCCC1CNCC(/C(N)=N/O)c1ccccc1. The van der Waals surface area contributed by atoms with Gasteiger partial charge in [-0.05, 0) is 32.0 Å².